The van der Waals surface area contributed by atoms with E-state index in [0.29, 0.717) is 12.0 Å². The zero-order chi connectivity index (χ0) is 31.3. The van der Waals surface area contributed by atoms with Crippen molar-refractivity contribution in [1.29, 1.82) is 0 Å². The topological polar surface area (TPSA) is 156 Å². The fraction of sp³-hybridized carbons (Fsp3) is 0.375. The Hall–Kier alpha value is -4.09. The number of rotatable bonds is 12. The van der Waals surface area contributed by atoms with Crippen molar-refractivity contribution in [2.24, 2.45) is 17.8 Å². The van der Waals surface area contributed by atoms with Crippen molar-refractivity contribution in [1.82, 2.24) is 0 Å². The molecule has 43 heavy (non-hydrogen) atoms. The second-order valence-electron chi connectivity index (χ2n) is 10.7. The molecule has 0 bridgehead atoms. The Morgan fingerprint density at radius 3 is 2.12 bits per heavy atom. The van der Waals surface area contributed by atoms with Crippen molar-refractivity contribution >= 4 is 35.2 Å². The predicted octanol–water partition coefficient (Wildman–Crippen LogP) is 1.73. The summed E-state index contributed by atoms with van der Waals surface area (Å²) in [6.45, 7) is 2.66. The van der Waals surface area contributed by atoms with Crippen LogP contribution in [0.5, 0.6) is 0 Å². The van der Waals surface area contributed by atoms with Gasteiger partial charge in [-0.1, -0.05) is 30.3 Å². The van der Waals surface area contributed by atoms with Crippen LogP contribution in [-0.4, -0.2) is 36.6 Å². The average Bonchev–Trinajstić information content (AvgIpc) is 3.39. The summed E-state index contributed by atoms with van der Waals surface area (Å²) in [5.41, 5.74) is 3.17. The predicted molar refractivity (Wildman–Crippen MR) is 147 cm³/mol. The number of benzene rings is 2. The van der Waals surface area contributed by atoms with Crippen LogP contribution in [0.25, 0.3) is 10.4 Å². The highest BCUT2D eigenvalue weighted by atomic mass is 32.1. The lowest BCUT2D eigenvalue weighted by atomic mass is 9.68. The van der Waals surface area contributed by atoms with Gasteiger partial charge in [-0.25, -0.2) is 4.39 Å². The van der Waals surface area contributed by atoms with Crippen LogP contribution in [0.3, 0.4) is 0 Å². The van der Waals surface area contributed by atoms with Gasteiger partial charge in [0.2, 0.25) is 0 Å². The molecule has 1 aliphatic rings. The molecule has 2 heterocycles. The minimum Gasteiger partial charge on any atom is -0.550 e. The number of ether oxygens (including phenoxy) is 2. The zero-order valence-corrected chi connectivity index (χ0v) is 24.4. The molecule has 1 saturated heterocycles. The Kier molecular flexibility index (Phi) is 10.3. The standard InChI is InChI=1S/C32H33FO9S/c1-17-20(12-22-10-11-28(43-22)19-6-8-21(33)9-7-19)4-3-5-23(17)32-26(15-31(39)40)24(13-29(35)36)25(14-30(37)38)27(42-32)16-41-18(2)34/h3-11,24-27,32H,12-16H2,1-2H3,(H,35,36)(H,37,38)(H,39,40)/p-3/t24?,25-,26?,27+,32-/m1/s1. The molecule has 0 amide bonds. The lowest BCUT2D eigenvalue weighted by molar-refractivity contribution is -0.318. The first-order chi connectivity index (χ1) is 20.4. The van der Waals surface area contributed by atoms with Gasteiger partial charge >= 0.3 is 5.97 Å². The van der Waals surface area contributed by atoms with Crippen molar-refractivity contribution < 1.29 is 48.4 Å². The van der Waals surface area contributed by atoms with Crippen molar-refractivity contribution in [3.63, 3.8) is 0 Å². The summed E-state index contributed by atoms with van der Waals surface area (Å²) < 4.78 is 24.8. The number of carbonyl (C=O) groups excluding carboxylic acids is 4. The number of aliphatic carboxylic acids is 3. The van der Waals surface area contributed by atoms with Gasteiger partial charge in [0.1, 0.15) is 12.4 Å². The number of thiophene rings is 1. The third-order valence-electron chi connectivity index (χ3n) is 7.90. The third kappa shape index (κ3) is 8.05. The molecule has 0 N–H and O–H groups in total. The molecule has 5 atom stereocenters. The van der Waals surface area contributed by atoms with E-state index in [0.717, 1.165) is 26.4 Å². The molecule has 2 aromatic carbocycles. The minimum absolute atomic E-state index is 0.321. The number of hydrogen-bond donors (Lipinski definition) is 0. The summed E-state index contributed by atoms with van der Waals surface area (Å²) in [5.74, 6) is -8.41. The molecule has 11 heteroatoms. The highest BCUT2D eigenvalue weighted by Gasteiger charge is 2.46. The lowest BCUT2D eigenvalue weighted by Crippen LogP contribution is -2.51. The van der Waals surface area contributed by atoms with Crippen LogP contribution in [0, 0.1) is 30.5 Å². The maximum Gasteiger partial charge on any atom is 0.302 e. The van der Waals surface area contributed by atoms with Crippen molar-refractivity contribution in [2.75, 3.05) is 6.61 Å². The van der Waals surface area contributed by atoms with Gasteiger partial charge in [0, 0.05) is 41.0 Å². The van der Waals surface area contributed by atoms with E-state index in [4.69, 9.17) is 9.47 Å². The highest BCUT2D eigenvalue weighted by Crippen LogP contribution is 2.48. The van der Waals surface area contributed by atoms with Gasteiger partial charge < -0.3 is 39.2 Å². The van der Waals surface area contributed by atoms with Crippen LogP contribution in [0.1, 0.15) is 53.9 Å². The molecule has 4 rings (SSSR count). The SMILES string of the molecule is CC(=O)OC[C@@H]1O[C@H](c2cccc(Cc3ccc(-c4ccc(F)cc4)s3)c2C)C(CC(=O)[O-])C(CC(=O)[O-])[C@H]1CC(=O)[O-]. The maximum absolute atomic E-state index is 13.4. The van der Waals surface area contributed by atoms with E-state index in [1.807, 2.05) is 25.1 Å². The van der Waals surface area contributed by atoms with Gasteiger partial charge in [-0.15, -0.1) is 11.3 Å². The second-order valence-corrected chi connectivity index (χ2v) is 11.9. The summed E-state index contributed by atoms with van der Waals surface area (Å²) in [5, 5.41) is 35.4. The second kappa shape index (κ2) is 13.9. The number of esters is 1. The molecule has 0 aliphatic carbocycles. The van der Waals surface area contributed by atoms with Crippen LogP contribution >= 0.6 is 11.3 Å². The summed E-state index contributed by atoms with van der Waals surface area (Å²) >= 11 is 1.55. The van der Waals surface area contributed by atoms with Crippen molar-refractivity contribution in [2.45, 2.75) is 51.7 Å². The van der Waals surface area contributed by atoms with Crippen molar-refractivity contribution in [3.8, 4) is 10.4 Å². The molecule has 1 aromatic heterocycles. The van der Waals surface area contributed by atoms with Crippen LogP contribution in [0.15, 0.2) is 54.6 Å². The van der Waals surface area contributed by atoms with E-state index in [-0.39, 0.29) is 12.4 Å². The van der Waals surface area contributed by atoms with Gasteiger partial charge in [0.05, 0.1) is 12.2 Å². The fourth-order valence-electron chi connectivity index (χ4n) is 5.93. The van der Waals surface area contributed by atoms with E-state index >= 15 is 0 Å². The van der Waals surface area contributed by atoms with E-state index < -0.39 is 73.1 Å². The molecule has 3 aromatic rings. The minimum atomic E-state index is -1.48. The number of carboxylic acids is 3. The Morgan fingerprint density at radius 1 is 0.860 bits per heavy atom. The molecule has 1 fully saturated rings. The number of carbonyl (C=O) groups is 4. The molecule has 0 spiro atoms. The molecular weight excluding hydrogens is 579 g/mol. The molecule has 9 nitrogen and oxygen atoms in total. The van der Waals surface area contributed by atoms with E-state index in [2.05, 4.69) is 0 Å². The van der Waals surface area contributed by atoms with E-state index in [9.17, 15) is 38.9 Å². The normalized spacial score (nSPS) is 21.7. The zero-order valence-electron chi connectivity index (χ0n) is 23.6. The van der Waals surface area contributed by atoms with Gasteiger partial charge in [0.15, 0.2) is 0 Å². The molecule has 0 saturated carbocycles. The quantitative estimate of drug-likeness (QED) is 0.279. The van der Waals surface area contributed by atoms with Gasteiger partial charge in [0.25, 0.3) is 0 Å². The molecule has 0 radical (unpaired) electrons. The molecule has 2 unspecified atom stereocenters. The smallest absolute Gasteiger partial charge is 0.302 e. The summed E-state index contributed by atoms with van der Waals surface area (Å²) in [7, 11) is 0. The van der Waals surface area contributed by atoms with E-state index in [1.165, 1.54) is 19.1 Å². The first-order valence-electron chi connectivity index (χ1n) is 13.7. The monoisotopic (exact) mass is 609 g/mol. The highest BCUT2D eigenvalue weighted by molar-refractivity contribution is 7.15. The van der Waals surface area contributed by atoms with Gasteiger partial charge in [-0.05, 0) is 90.5 Å². The first-order valence-corrected chi connectivity index (χ1v) is 14.6. The first kappa shape index (κ1) is 31.8. The summed E-state index contributed by atoms with van der Waals surface area (Å²) in [4.78, 5) is 48.9. The fourth-order valence-corrected chi connectivity index (χ4v) is 6.96. The number of carboxylic acid groups (broad SMARTS) is 3. The summed E-state index contributed by atoms with van der Waals surface area (Å²) in [6, 6.07) is 15.6. The van der Waals surface area contributed by atoms with Crippen molar-refractivity contribution in [3.05, 3.63) is 82.0 Å². The number of halogens is 1. The lowest BCUT2D eigenvalue weighted by Gasteiger charge is -2.48. The largest absolute Gasteiger partial charge is 0.550 e. The molecular formula is C32H30FO9S-3. The van der Waals surface area contributed by atoms with Crippen LogP contribution < -0.4 is 15.3 Å². The third-order valence-corrected chi connectivity index (χ3v) is 9.03. The number of hydrogen-bond acceptors (Lipinski definition) is 10. The van der Waals surface area contributed by atoms with E-state index in [1.54, 1.807) is 35.6 Å². The molecule has 1 aliphatic heterocycles. The Bertz CT molecular complexity index is 1480. The summed E-state index contributed by atoms with van der Waals surface area (Å²) in [6.07, 6.45) is -3.36. The average molecular weight is 610 g/mol. The van der Waals surface area contributed by atoms with Crippen LogP contribution in [0.2, 0.25) is 0 Å². The van der Waals surface area contributed by atoms with Gasteiger partial charge in [-0.3, -0.25) is 4.79 Å². The maximum atomic E-state index is 13.4. The Morgan fingerprint density at radius 2 is 1.49 bits per heavy atom. The van der Waals surface area contributed by atoms with Gasteiger partial charge in [-0.2, -0.15) is 0 Å². The Labute approximate surface area is 251 Å². The van der Waals surface area contributed by atoms with Crippen LogP contribution in [-0.2, 0) is 35.1 Å². The van der Waals surface area contributed by atoms with Crippen LogP contribution in [0.4, 0.5) is 4.39 Å². The molecule has 228 valence electrons. The Balaban J connectivity index is 1.71.